The molecule has 0 bridgehead atoms. The van der Waals surface area contributed by atoms with Gasteiger partial charge in [0.2, 0.25) is 5.91 Å². The zero-order valence-electron chi connectivity index (χ0n) is 14.7. The number of hydrogen-bond donors (Lipinski definition) is 2. The number of hydrazone groups is 1. The Bertz CT molecular complexity index is 863. The molecular weight excluding hydrogens is 346 g/mol. The van der Waals surface area contributed by atoms with Crippen molar-refractivity contribution in [3.63, 3.8) is 0 Å². The predicted molar refractivity (Wildman–Crippen MR) is 99.2 cm³/mol. The van der Waals surface area contributed by atoms with E-state index in [0.717, 1.165) is 5.56 Å². The maximum Gasteiger partial charge on any atom is 0.337 e. The normalized spacial score (nSPS) is 18.9. The predicted octanol–water partition coefficient (Wildman–Crippen LogP) is 1.45. The van der Waals surface area contributed by atoms with Gasteiger partial charge in [-0.15, -0.1) is 0 Å². The zero-order chi connectivity index (χ0) is 19.2. The summed E-state index contributed by atoms with van der Waals surface area (Å²) in [6.45, 7) is 0.416. The molecule has 2 aromatic rings. The van der Waals surface area contributed by atoms with E-state index >= 15 is 0 Å². The van der Waals surface area contributed by atoms with Crippen LogP contribution in [0.5, 0.6) is 0 Å². The fourth-order valence-corrected chi connectivity index (χ4v) is 3.00. The molecule has 1 aliphatic heterocycles. The third-order valence-corrected chi connectivity index (χ3v) is 4.41. The molecule has 0 aromatic heterocycles. The van der Waals surface area contributed by atoms with Gasteiger partial charge in [0, 0.05) is 12.5 Å². The third-order valence-electron chi connectivity index (χ3n) is 4.41. The molecule has 0 radical (unpaired) electrons. The number of amides is 2. The smallest absolute Gasteiger partial charge is 0.337 e. The first kappa shape index (κ1) is 18.3. The summed E-state index contributed by atoms with van der Waals surface area (Å²) in [4.78, 5) is 36.0. The summed E-state index contributed by atoms with van der Waals surface area (Å²) in [6.07, 6.45) is 1.45. The van der Waals surface area contributed by atoms with Crippen LogP contribution in [0.2, 0.25) is 0 Å². The first-order valence-corrected chi connectivity index (χ1v) is 8.44. The van der Waals surface area contributed by atoms with Crippen molar-refractivity contribution in [3.05, 3.63) is 71.3 Å². The lowest BCUT2D eigenvalue weighted by molar-refractivity contribution is -0.133. The molecule has 2 amide bonds. The van der Waals surface area contributed by atoms with Crippen LogP contribution in [0.15, 0.2) is 59.7 Å². The van der Waals surface area contributed by atoms with E-state index in [1.807, 2.05) is 30.3 Å². The maximum atomic E-state index is 12.5. The highest BCUT2D eigenvalue weighted by Crippen LogP contribution is 2.28. The molecule has 1 saturated heterocycles. The molecule has 2 atom stereocenters. The third kappa shape index (κ3) is 4.20. The molecule has 0 saturated carbocycles. The van der Waals surface area contributed by atoms with Crippen molar-refractivity contribution < 1.29 is 19.1 Å². The van der Waals surface area contributed by atoms with Gasteiger partial charge in [-0.05, 0) is 23.3 Å². The molecule has 1 heterocycles. The van der Waals surface area contributed by atoms with E-state index in [0.29, 0.717) is 17.7 Å². The fourth-order valence-electron chi connectivity index (χ4n) is 3.00. The van der Waals surface area contributed by atoms with Crippen LogP contribution in [-0.2, 0) is 14.3 Å². The van der Waals surface area contributed by atoms with Gasteiger partial charge in [-0.1, -0.05) is 42.5 Å². The van der Waals surface area contributed by atoms with Gasteiger partial charge in [0.05, 0.1) is 18.9 Å². The van der Waals surface area contributed by atoms with Gasteiger partial charge in [0.1, 0.15) is 5.92 Å². The van der Waals surface area contributed by atoms with E-state index in [-0.39, 0.29) is 11.8 Å². The number of nitrogens with zero attached hydrogens (tertiary/aromatic N) is 1. The molecule has 1 fully saturated rings. The lowest BCUT2D eigenvalue weighted by Gasteiger charge is -2.15. The largest absolute Gasteiger partial charge is 0.465 e. The molecule has 138 valence electrons. The average molecular weight is 365 g/mol. The number of rotatable bonds is 5. The monoisotopic (exact) mass is 365 g/mol. The highest BCUT2D eigenvalue weighted by atomic mass is 16.5. The minimum atomic E-state index is -0.828. The number of carbonyl (C=O) groups excluding carboxylic acids is 3. The number of benzene rings is 2. The second kappa shape index (κ2) is 8.27. The lowest BCUT2D eigenvalue weighted by atomic mass is 9.88. The van der Waals surface area contributed by atoms with Crippen molar-refractivity contribution in [3.8, 4) is 0 Å². The van der Waals surface area contributed by atoms with Crippen LogP contribution in [0.25, 0.3) is 0 Å². The van der Waals surface area contributed by atoms with Gasteiger partial charge < -0.3 is 10.1 Å². The van der Waals surface area contributed by atoms with Crippen molar-refractivity contribution in [2.24, 2.45) is 11.0 Å². The second-order valence-electron chi connectivity index (χ2n) is 6.09. The van der Waals surface area contributed by atoms with Crippen LogP contribution in [0.4, 0.5) is 0 Å². The van der Waals surface area contributed by atoms with Crippen molar-refractivity contribution in [2.45, 2.75) is 5.92 Å². The number of nitrogens with one attached hydrogen (secondary N) is 2. The molecule has 2 N–H and O–H groups in total. The van der Waals surface area contributed by atoms with Crippen molar-refractivity contribution >= 4 is 24.0 Å². The molecule has 7 nitrogen and oxygen atoms in total. The molecule has 0 spiro atoms. The molecule has 0 unspecified atom stereocenters. The standard InChI is InChI=1S/C20H19N3O4/c1-27-20(26)15-9-7-13(8-10-15)11-22-23-19(25)17-16(12-21-18(17)24)14-5-3-2-4-6-14/h2-11,16-17H,12H2,1H3,(H,21,24)(H,23,25)/t16-,17-/m0/s1. The minimum absolute atomic E-state index is 0.228. The van der Waals surface area contributed by atoms with E-state index in [1.165, 1.54) is 13.3 Å². The average Bonchev–Trinajstić information content (AvgIpc) is 3.10. The lowest BCUT2D eigenvalue weighted by Crippen LogP contribution is -2.34. The summed E-state index contributed by atoms with van der Waals surface area (Å²) in [7, 11) is 1.31. The fraction of sp³-hybridized carbons (Fsp3) is 0.200. The Labute approximate surface area is 156 Å². The van der Waals surface area contributed by atoms with Crippen LogP contribution >= 0.6 is 0 Å². The van der Waals surface area contributed by atoms with Gasteiger partial charge in [0.15, 0.2) is 0 Å². The summed E-state index contributed by atoms with van der Waals surface area (Å²) in [5.74, 6) is -2.24. The number of ether oxygens (including phenoxy) is 1. The first-order chi connectivity index (χ1) is 13.1. The topological polar surface area (TPSA) is 96.9 Å². The van der Waals surface area contributed by atoms with E-state index in [1.54, 1.807) is 24.3 Å². The summed E-state index contributed by atoms with van der Waals surface area (Å²) < 4.78 is 4.63. The van der Waals surface area contributed by atoms with Crippen LogP contribution < -0.4 is 10.7 Å². The number of esters is 1. The quantitative estimate of drug-likeness (QED) is 0.363. The van der Waals surface area contributed by atoms with Crippen molar-refractivity contribution in [2.75, 3.05) is 13.7 Å². The van der Waals surface area contributed by atoms with E-state index < -0.39 is 17.8 Å². The number of carbonyl (C=O) groups is 3. The summed E-state index contributed by atoms with van der Waals surface area (Å²) in [6, 6.07) is 16.0. The van der Waals surface area contributed by atoms with Gasteiger partial charge in [-0.3, -0.25) is 9.59 Å². The van der Waals surface area contributed by atoms with Gasteiger partial charge in [-0.25, -0.2) is 10.2 Å². The van der Waals surface area contributed by atoms with Gasteiger partial charge >= 0.3 is 5.97 Å². The van der Waals surface area contributed by atoms with Crippen LogP contribution in [0.3, 0.4) is 0 Å². The highest BCUT2D eigenvalue weighted by molar-refractivity contribution is 6.03. The Morgan fingerprint density at radius 3 is 2.52 bits per heavy atom. The van der Waals surface area contributed by atoms with Crippen LogP contribution in [0.1, 0.15) is 27.4 Å². The Morgan fingerprint density at radius 2 is 1.85 bits per heavy atom. The summed E-state index contributed by atoms with van der Waals surface area (Å²) in [5.41, 5.74) is 4.48. The van der Waals surface area contributed by atoms with Crippen molar-refractivity contribution in [1.29, 1.82) is 0 Å². The Morgan fingerprint density at radius 1 is 1.15 bits per heavy atom. The Hall–Kier alpha value is -3.48. The minimum Gasteiger partial charge on any atom is -0.465 e. The zero-order valence-corrected chi connectivity index (χ0v) is 14.7. The molecule has 7 heteroatoms. The van der Waals surface area contributed by atoms with Gasteiger partial charge in [0.25, 0.3) is 5.91 Å². The first-order valence-electron chi connectivity index (χ1n) is 8.44. The summed E-state index contributed by atoms with van der Waals surface area (Å²) in [5, 5.41) is 6.66. The Kier molecular flexibility index (Phi) is 5.61. The highest BCUT2D eigenvalue weighted by Gasteiger charge is 2.40. The van der Waals surface area contributed by atoms with E-state index in [9.17, 15) is 14.4 Å². The summed E-state index contributed by atoms with van der Waals surface area (Å²) >= 11 is 0. The van der Waals surface area contributed by atoms with Gasteiger partial charge in [-0.2, -0.15) is 5.10 Å². The maximum absolute atomic E-state index is 12.5. The van der Waals surface area contributed by atoms with Crippen molar-refractivity contribution in [1.82, 2.24) is 10.7 Å². The number of hydrogen-bond acceptors (Lipinski definition) is 5. The second-order valence-corrected chi connectivity index (χ2v) is 6.09. The molecule has 2 aromatic carbocycles. The number of methoxy groups -OCH3 is 1. The van der Waals surface area contributed by atoms with Crippen LogP contribution in [-0.4, -0.2) is 37.7 Å². The Balaban J connectivity index is 1.65. The molecule has 1 aliphatic rings. The van der Waals surface area contributed by atoms with Crippen LogP contribution in [0, 0.1) is 5.92 Å². The van der Waals surface area contributed by atoms with E-state index in [2.05, 4.69) is 20.6 Å². The van der Waals surface area contributed by atoms with E-state index in [4.69, 9.17) is 0 Å². The SMILES string of the molecule is COC(=O)c1ccc(C=NNC(=O)[C@@H]2C(=O)NC[C@H]2c2ccccc2)cc1. The molecule has 27 heavy (non-hydrogen) atoms. The molecule has 3 rings (SSSR count). The molecular formula is C20H19N3O4. The molecule has 0 aliphatic carbocycles.